The molecule has 14 heteroatoms. The van der Waals surface area contributed by atoms with Gasteiger partial charge in [0.15, 0.2) is 5.69 Å². The maximum Gasteiger partial charge on any atom is 0.433 e. The molecule has 2 aromatic rings. The number of aromatic nitrogens is 2. The molecule has 0 radical (unpaired) electrons. The van der Waals surface area contributed by atoms with Crippen LogP contribution in [0.1, 0.15) is 22.4 Å². The molecule has 0 bridgehead atoms. The first-order valence-electron chi connectivity index (χ1n) is 7.25. The maximum atomic E-state index is 12.9. The van der Waals surface area contributed by atoms with Crippen molar-refractivity contribution in [1.82, 2.24) is 9.97 Å². The second kappa shape index (κ2) is 7.69. The second-order valence-electron chi connectivity index (χ2n) is 5.53. The number of hydrogen-bond donors (Lipinski definition) is 1. The molecule has 29 heavy (non-hydrogen) atoms. The Morgan fingerprint density at radius 1 is 0.897 bits per heavy atom. The molecule has 0 atom stereocenters. The lowest BCUT2D eigenvalue weighted by Crippen LogP contribution is -2.20. The molecule has 0 aliphatic heterocycles. The van der Waals surface area contributed by atoms with Gasteiger partial charge in [0.05, 0.1) is 17.5 Å². The first-order chi connectivity index (χ1) is 13.1. The van der Waals surface area contributed by atoms with Crippen molar-refractivity contribution in [2.45, 2.75) is 24.9 Å². The number of hydrogen-bond acceptors (Lipinski definition) is 3. The van der Waals surface area contributed by atoms with Gasteiger partial charge in [-0.05, 0) is 29.8 Å². The average Bonchev–Trinajstić information content (AvgIpc) is 2.53. The third kappa shape index (κ3) is 5.95. The van der Waals surface area contributed by atoms with Crippen LogP contribution in [0.4, 0.5) is 45.2 Å². The predicted octanol–water partition coefficient (Wildman–Crippen LogP) is 5.37. The molecule has 0 saturated carbocycles. The summed E-state index contributed by atoms with van der Waals surface area (Å²) in [5.74, 6) is -1.33. The Morgan fingerprint density at radius 2 is 1.41 bits per heavy atom. The minimum atomic E-state index is -5.16. The Balaban J connectivity index is 2.35. The van der Waals surface area contributed by atoms with Crippen molar-refractivity contribution in [1.29, 1.82) is 0 Å². The maximum absolute atomic E-state index is 12.9. The number of nitrogens with zero attached hydrogens (tertiary/aromatic N) is 2. The molecule has 0 unspecified atom stereocenters. The number of halogens is 10. The molecule has 0 fully saturated rings. The summed E-state index contributed by atoms with van der Waals surface area (Å²) in [6.45, 7) is 0. The Morgan fingerprint density at radius 3 is 1.86 bits per heavy atom. The molecule has 2 rings (SSSR count). The van der Waals surface area contributed by atoms with E-state index in [1.54, 1.807) is 5.32 Å². The molecule has 158 valence electrons. The summed E-state index contributed by atoms with van der Waals surface area (Å²) in [7, 11) is 0. The van der Waals surface area contributed by atoms with E-state index in [-0.39, 0.29) is 18.2 Å². The van der Waals surface area contributed by atoms with Crippen molar-refractivity contribution in [3.05, 3.63) is 52.1 Å². The molecule has 0 spiro atoms. The average molecular weight is 452 g/mol. The normalized spacial score (nSPS) is 12.8. The molecule has 1 amide bonds. The number of nitrogens with one attached hydrogen (secondary N) is 1. The van der Waals surface area contributed by atoms with E-state index < -0.39 is 64.2 Å². The quantitative estimate of drug-likeness (QED) is 0.504. The van der Waals surface area contributed by atoms with Crippen molar-refractivity contribution in [3.8, 4) is 0 Å². The van der Waals surface area contributed by atoms with Crippen LogP contribution in [-0.2, 0) is 29.7 Å². The van der Waals surface area contributed by atoms with Gasteiger partial charge in [-0.1, -0.05) is 0 Å². The number of carbonyl (C=O) groups excluding carboxylic acids is 1. The fourth-order valence-corrected chi connectivity index (χ4v) is 2.30. The van der Waals surface area contributed by atoms with Gasteiger partial charge in [0, 0.05) is 17.4 Å². The van der Waals surface area contributed by atoms with E-state index in [0.717, 1.165) is 0 Å². The van der Waals surface area contributed by atoms with Gasteiger partial charge >= 0.3 is 18.5 Å². The summed E-state index contributed by atoms with van der Waals surface area (Å²) in [4.78, 5) is 18.2. The van der Waals surface area contributed by atoms with Crippen molar-refractivity contribution < 1.29 is 44.3 Å². The number of anilines is 1. The molecule has 0 aliphatic carbocycles. The number of alkyl halides is 9. The van der Waals surface area contributed by atoms with Gasteiger partial charge in [0.1, 0.15) is 0 Å². The van der Waals surface area contributed by atoms with Crippen LogP contribution in [0.2, 0.25) is 5.28 Å². The lowest BCUT2D eigenvalue weighted by molar-refractivity contribution is -0.144. The fourth-order valence-electron chi connectivity index (χ4n) is 2.17. The second-order valence-corrected chi connectivity index (χ2v) is 5.87. The number of rotatable bonds is 3. The molecule has 1 aromatic heterocycles. The number of amides is 1. The van der Waals surface area contributed by atoms with Crippen LogP contribution >= 0.6 is 11.6 Å². The minimum Gasteiger partial charge on any atom is -0.326 e. The predicted molar refractivity (Wildman–Crippen MR) is 80.8 cm³/mol. The highest BCUT2D eigenvalue weighted by Crippen LogP contribution is 2.37. The van der Waals surface area contributed by atoms with Crippen molar-refractivity contribution in [3.63, 3.8) is 0 Å². The Labute approximate surface area is 160 Å². The van der Waals surface area contributed by atoms with Crippen LogP contribution in [0.3, 0.4) is 0 Å². The van der Waals surface area contributed by atoms with Gasteiger partial charge in [-0.25, -0.2) is 9.97 Å². The van der Waals surface area contributed by atoms with Crippen LogP contribution in [0.5, 0.6) is 0 Å². The summed E-state index contributed by atoms with van der Waals surface area (Å²) >= 11 is 5.27. The Kier molecular flexibility index (Phi) is 6.02. The summed E-state index contributed by atoms with van der Waals surface area (Å²) < 4.78 is 116. The van der Waals surface area contributed by atoms with E-state index in [0.29, 0.717) is 6.20 Å². The molecule has 1 heterocycles. The summed E-state index contributed by atoms with van der Waals surface area (Å²) in [5, 5.41) is 0.945. The summed E-state index contributed by atoms with van der Waals surface area (Å²) in [6.07, 6.45) is -15.8. The monoisotopic (exact) mass is 451 g/mol. The van der Waals surface area contributed by atoms with Crippen molar-refractivity contribution in [2.75, 3.05) is 5.32 Å². The Hall–Kier alpha value is -2.57. The van der Waals surface area contributed by atoms with E-state index in [4.69, 9.17) is 11.6 Å². The van der Waals surface area contributed by atoms with Crippen LogP contribution in [0.15, 0.2) is 24.4 Å². The third-order valence-electron chi connectivity index (χ3n) is 3.33. The Bertz CT molecular complexity index is 890. The smallest absolute Gasteiger partial charge is 0.326 e. The van der Waals surface area contributed by atoms with E-state index in [9.17, 15) is 44.3 Å². The van der Waals surface area contributed by atoms with E-state index in [2.05, 4.69) is 9.97 Å². The van der Waals surface area contributed by atoms with Gasteiger partial charge in [0.25, 0.3) is 0 Å². The zero-order valence-electron chi connectivity index (χ0n) is 13.6. The molecular weight excluding hydrogens is 445 g/mol. The zero-order valence-corrected chi connectivity index (χ0v) is 14.4. The number of benzene rings is 1. The van der Waals surface area contributed by atoms with Crippen molar-refractivity contribution >= 4 is 23.2 Å². The van der Waals surface area contributed by atoms with E-state index in [1.165, 1.54) is 0 Å². The zero-order chi connectivity index (χ0) is 22.2. The topological polar surface area (TPSA) is 54.9 Å². The van der Waals surface area contributed by atoms with Gasteiger partial charge in [-0.15, -0.1) is 0 Å². The molecule has 0 saturated heterocycles. The van der Waals surface area contributed by atoms with Crippen LogP contribution in [0, 0.1) is 0 Å². The highest BCUT2D eigenvalue weighted by molar-refractivity contribution is 6.28. The summed E-state index contributed by atoms with van der Waals surface area (Å²) in [5.41, 5.74) is -6.64. The highest BCUT2D eigenvalue weighted by Gasteiger charge is 2.38. The molecule has 4 nitrogen and oxygen atoms in total. The number of carbonyl (C=O) groups is 1. The van der Waals surface area contributed by atoms with E-state index >= 15 is 0 Å². The molecule has 1 aromatic carbocycles. The first kappa shape index (κ1) is 22.7. The van der Waals surface area contributed by atoms with Crippen LogP contribution < -0.4 is 5.32 Å². The largest absolute Gasteiger partial charge is 0.433 e. The first-order valence-corrected chi connectivity index (χ1v) is 7.63. The molecule has 0 aliphatic rings. The minimum absolute atomic E-state index is 0.162. The van der Waals surface area contributed by atoms with E-state index in [1.807, 2.05) is 0 Å². The van der Waals surface area contributed by atoms with Crippen molar-refractivity contribution in [2.24, 2.45) is 0 Å². The van der Waals surface area contributed by atoms with Crippen LogP contribution in [-0.4, -0.2) is 15.9 Å². The fraction of sp³-hybridized carbons (Fsp3) is 0.267. The van der Waals surface area contributed by atoms with Crippen LogP contribution in [0.25, 0.3) is 0 Å². The van der Waals surface area contributed by atoms with Gasteiger partial charge < -0.3 is 5.32 Å². The highest BCUT2D eigenvalue weighted by atomic mass is 35.5. The third-order valence-corrected chi connectivity index (χ3v) is 3.51. The standard InChI is InChI=1S/C15H7ClF9N3O/c16-12-26-5-6(11(28-12)15(23,24)25)1-10(29)27-9-3-7(13(17,18)19)2-8(4-9)14(20,21)22/h2-5H,1H2,(H,27,29). The SMILES string of the molecule is O=C(Cc1cnc(Cl)nc1C(F)(F)F)Nc1cc(C(F)(F)F)cc(C(F)(F)F)c1. The summed E-state index contributed by atoms with van der Waals surface area (Å²) in [6, 6.07) is 0.275. The van der Waals surface area contributed by atoms with Gasteiger partial charge in [-0.3, -0.25) is 4.79 Å². The lowest BCUT2D eigenvalue weighted by atomic mass is 10.1. The molecule has 1 N–H and O–H groups in total. The molecular formula is C15H7ClF9N3O. The van der Waals surface area contributed by atoms with Gasteiger partial charge in [0.2, 0.25) is 11.2 Å². The van der Waals surface area contributed by atoms with Gasteiger partial charge in [-0.2, -0.15) is 39.5 Å². The lowest BCUT2D eigenvalue weighted by Gasteiger charge is -2.15.